The zero-order chi connectivity index (χ0) is 21.1. The van der Waals surface area contributed by atoms with Crippen LogP contribution in [0.4, 0.5) is 5.69 Å². The lowest BCUT2D eigenvalue weighted by atomic mass is 9.87. The monoisotopic (exact) mass is 409 g/mol. The van der Waals surface area contributed by atoms with Crippen molar-refractivity contribution in [1.29, 1.82) is 0 Å². The number of rotatable bonds is 7. The number of aromatic hydroxyl groups is 1. The third-order valence-corrected chi connectivity index (χ3v) is 6.83. The Bertz CT molecular complexity index is 900. The Hall–Kier alpha value is -2.36. The van der Waals surface area contributed by atoms with E-state index < -0.39 is 0 Å². The molecular weight excluding hydrogens is 374 g/mol. The van der Waals surface area contributed by atoms with E-state index in [0.717, 1.165) is 54.2 Å². The summed E-state index contributed by atoms with van der Waals surface area (Å²) in [7, 11) is 0. The van der Waals surface area contributed by atoms with Crippen LogP contribution in [0.2, 0.25) is 0 Å². The largest absolute Gasteiger partial charge is 0.508 e. The highest BCUT2D eigenvalue weighted by Crippen LogP contribution is 2.44. The van der Waals surface area contributed by atoms with E-state index in [2.05, 4.69) is 6.92 Å². The summed E-state index contributed by atoms with van der Waals surface area (Å²) in [5.41, 5.74) is 11.4. The summed E-state index contributed by atoms with van der Waals surface area (Å²) in [6, 6.07) is 5.57. The summed E-state index contributed by atoms with van der Waals surface area (Å²) in [6.07, 6.45) is 11.5. The minimum absolute atomic E-state index is 0.275. The molecule has 0 radical (unpaired) electrons. The van der Waals surface area contributed by atoms with Crippen molar-refractivity contribution in [1.82, 2.24) is 0 Å². The number of ether oxygens (including phenoxy) is 2. The van der Waals surface area contributed by atoms with Gasteiger partial charge in [0.2, 0.25) is 0 Å². The van der Waals surface area contributed by atoms with Crippen molar-refractivity contribution in [3.8, 4) is 23.0 Å². The van der Waals surface area contributed by atoms with Gasteiger partial charge in [-0.25, -0.2) is 0 Å². The lowest BCUT2D eigenvalue weighted by molar-refractivity contribution is 0.238. The van der Waals surface area contributed by atoms with Crippen LogP contribution in [0, 0.1) is 12.8 Å². The van der Waals surface area contributed by atoms with Crippen molar-refractivity contribution in [3.05, 3.63) is 40.5 Å². The molecule has 0 saturated heterocycles. The smallest absolute Gasteiger partial charge is 0.169 e. The molecule has 2 aromatic carbocycles. The molecule has 2 aliphatic rings. The average Bonchev–Trinajstić information content (AvgIpc) is 3.24. The first-order valence-electron chi connectivity index (χ1n) is 11.6. The maximum Gasteiger partial charge on any atom is 0.169 e. The van der Waals surface area contributed by atoms with Crippen LogP contribution in [-0.4, -0.2) is 11.7 Å². The maximum absolute atomic E-state index is 10.4. The maximum atomic E-state index is 10.4. The van der Waals surface area contributed by atoms with Gasteiger partial charge in [0.05, 0.1) is 6.61 Å². The lowest BCUT2D eigenvalue weighted by Gasteiger charge is -2.23. The Morgan fingerprint density at radius 2 is 1.80 bits per heavy atom. The number of fused-ring (bicyclic) bond motifs is 1. The van der Waals surface area contributed by atoms with Crippen LogP contribution in [0.1, 0.15) is 74.1 Å². The van der Waals surface area contributed by atoms with E-state index in [0.29, 0.717) is 24.5 Å². The van der Waals surface area contributed by atoms with E-state index in [1.54, 1.807) is 6.07 Å². The minimum Gasteiger partial charge on any atom is -0.508 e. The first-order chi connectivity index (χ1) is 14.6. The first kappa shape index (κ1) is 20.9. The summed E-state index contributed by atoms with van der Waals surface area (Å²) in [4.78, 5) is 0. The third kappa shape index (κ3) is 4.23. The molecule has 1 fully saturated rings. The van der Waals surface area contributed by atoms with Crippen molar-refractivity contribution < 1.29 is 14.6 Å². The van der Waals surface area contributed by atoms with Gasteiger partial charge in [0.15, 0.2) is 11.5 Å². The number of hydrogen-bond donors (Lipinski definition) is 2. The number of benzene rings is 2. The average molecular weight is 410 g/mol. The van der Waals surface area contributed by atoms with Crippen LogP contribution in [-0.2, 0) is 19.3 Å². The molecule has 0 aliphatic heterocycles. The van der Waals surface area contributed by atoms with E-state index >= 15 is 0 Å². The highest BCUT2D eigenvalue weighted by atomic mass is 16.5. The predicted octanol–water partition coefficient (Wildman–Crippen LogP) is 6.48. The normalized spacial score (nSPS) is 16.5. The summed E-state index contributed by atoms with van der Waals surface area (Å²) in [5, 5.41) is 10.4. The molecule has 0 unspecified atom stereocenters. The highest BCUT2D eigenvalue weighted by Gasteiger charge is 2.23. The first-order valence-corrected chi connectivity index (χ1v) is 11.6. The van der Waals surface area contributed by atoms with Gasteiger partial charge in [-0.05, 0) is 74.3 Å². The number of hydrogen-bond acceptors (Lipinski definition) is 4. The van der Waals surface area contributed by atoms with E-state index in [4.69, 9.17) is 15.2 Å². The van der Waals surface area contributed by atoms with Gasteiger partial charge in [-0.2, -0.15) is 0 Å². The van der Waals surface area contributed by atoms with Crippen LogP contribution in [0.3, 0.4) is 0 Å². The fraction of sp³-hybridized carbons (Fsp3) is 0.538. The van der Waals surface area contributed by atoms with E-state index in [1.165, 1.54) is 43.2 Å². The molecule has 0 bridgehead atoms. The van der Waals surface area contributed by atoms with Crippen LogP contribution in [0.15, 0.2) is 18.2 Å². The number of nitrogen functional groups attached to an aromatic ring is 1. The fourth-order valence-corrected chi connectivity index (χ4v) is 5.17. The zero-order valence-electron chi connectivity index (χ0n) is 18.4. The Morgan fingerprint density at radius 1 is 1.03 bits per heavy atom. The number of phenols is 1. The number of aryl methyl sites for hydroxylation is 1. The molecule has 2 aliphatic carbocycles. The molecule has 2 aromatic rings. The molecule has 30 heavy (non-hydrogen) atoms. The highest BCUT2D eigenvalue weighted by molar-refractivity contribution is 5.63. The van der Waals surface area contributed by atoms with E-state index in [9.17, 15) is 5.11 Å². The second-order valence-electron chi connectivity index (χ2n) is 8.91. The summed E-state index contributed by atoms with van der Waals surface area (Å²) < 4.78 is 12.8. The van der Waals surface area contributed by atoms with Crippen LogP contribution in [0.25, 0.3) is 0 Å². The molecule has 4 rings (SSSR count). The van der Waals surface area contributed by atoms with E-state index in [-0.39, 0.29) is 5.75 Å². The molecule has 3 N–H and O–H groups in total. The van der Waals surface area contributed by atoms with Gasteiger partial charge in [0.1, 0.15) is 11.5 Å². The van der Waals surface area contributed by atoms with Gasteiger partial charge in [0, 0.05) is 16.8 Å². The topological polar surface area (TPSA) is 64.7 Å². The van der Waals surface area contributed by atoms with Crippen molar-refractivity contribution in [2.75, 3.05) is 12.3 Å². The minimum atomic E-state index is 0.275. The standard InChI is InChI=1S/C26H35NO3/c1-3-19-23(28)12-13-24(26(19)29-15-14-18-8-5-4-6-9-18)30-25-17(2)16-22(27)20-10-7-11-21(20)25/h12-13,16,18,28H,3-11,14-15,27H2,1-2H3. The molecule has 1 saturated carbocycles. The Morgan fingerprint density at radius 3 is 2.57 bits per heavy atom. The second kappa shape index (κ2) is 9.20. The Kier molecular flexibility index (Phi) is 6.40. The van der Waals surface area contributed by atoms with Gasteiger partial charge in [-0.15, -0.1) is 0 Å². The van der Waals surface area contributed by atoms with Gasteiger partial charge < -0.3 is 20.3 Å². The van der Waals surface area contributed by atoms with Gasteiger partial charge in [0.25, 0.3) is 0 Å². The molecule has 0 amide bonds. The van der Waals surface area contributed by atoms with Gasteiger partial charge >= 0.3 is 0 Å². The molecule has 4 nitrogen and oxygen atoms in total. The molecule has 4 heteroatoms. The Balaban J connectivity index is 1.60. The number of anilines is 1. The van der Waals surface area contributed by atoms with Crippen LogP contribution in [0.5, 0.6) is 23.0 Å². The second-order valence-corrected chi connectivity index (χ2v) is 8.91. The predicted molar refractivity (Wildman–Crippen MR) is 122 cm³/mol. The quantitative estimate of drug-likeness (QED) is 0.514. The summed E-state index contributed by atoms with van der Waals surface area (Å²) >= 11 is 0. The van der Waals surface area contributed by atoms with Crippen molar-refractivity contribution in [2.45, 2.75) is 78.1 Å². The van der Waals surface area contributed by atoms with E-state index in [1.807, 2.05) is 19.1 Å². The lowest BCUT2D eigenvalue weighted by Crippen LogP contribution is -2.11. The van der Waals surface area contributed by atoms with Crippen LogP contribution >= 0.6 is 0 Å². The van der Waals surface area contributed by atoms with Gasteiger partial charge in [-0.1, -0.05) is 39.0 Å². The molecule has 0 heterocycles. The molecule has 0 spiro atoms. The fourth-order valence-electron chi connectivity index (χ4n) is 5.17. The SMILES string of the molecule is CCc1c(O)ccc(Oc2c(C)cc(N)c3c2CCC3)c1OCCC1CCCCC1. The number of phenolic OH excluding ortho intramolecular Hbond substituents is 1. The third-order valence-electron chi connectivity index (χ3n) is 6.83. The van der Waals surface area contributed by atoms with Crippen molar-refractivity contribution >= 4 is 5.69 Å². The van der Waals surface area contributed by atoms with Gasteiger partial charge in [-0.3, -0.25) is 0 Å². The number of nitrogens with two attached hydrogens (primary N) is 1. The zero-order valence-corrected chi connectivity index (χ0v) is 18.4. The summed E-state index contributed by atoms with van der Waals surface area (Å²) in [6.45, 7) is 4.75. The Labute approximate surface area is 180 Å². The van der Waals surface area contributed by atoms with Crippen molar-refractivity contribution in [3.63, 3.8) is 0 Å². The molecular formula is C26H35NO3. The van der Waals surface area contributed by atoms with Crippen LogP contribution < -0.4 is 15.2 Å². The molecule has 0 aromatic heterocycles. The molecule has 162 valence electrons. The summed E-state index contributed by atoms with van der Waals surface area (Å²) in [5.74, 6) is 3.32. The van der Waals surface area contributed by atoms with Crippen molar-refractivity contribution in [2.24, 2.45) is 5.92 Å². The molecule has 0 atom stereocenters.